The first-order chi connectivity index (χ1) is 6.16. The highest BCUT2D eigenvalue weighted by atomic mass is 14.9. The van der Waals surface area contributed by atoms with Crippen molar-refractivity contribution in [2.24, 2.45) is 0 Å². The minimum absolute atomic E-state index is 0.753. The number of rotatable bonds is 0. The molecule has 2 rings (SSSR count). The molecule has 0 unspecified atom stereocenters. The van der Waals surface area contributed by atoms with Gasteiger partial charge in [-0.15, -0.1) is 0 Å². The summed E-state index contributed by atoms with van der Waals surface area (Å²) in [6.45, 7) is 3.86. The second kappa shape index (κ2) is 2.69. The summed E-state index contributed by atoms with van der Waals surface area (Å²) in [4.78, 5) is 8.59. The van der Waals surface area contributed by atoms with Crippen LogP contribution in [0.3, 0.4) is 0 Å². The Morgan fingerprint density at radius 2 is 1.92 bits per heavy atom. The molecule has 2 aromatic rings. The van der Waals surface area contributed by atoms with Crippen LogP contribution in [0.2, 0.25) is 0 Å². The quantitative estimate of drug-likeness (QED) is 0.618. The molecular formula is C10H11N3. The Hall–Kier alpha value is -1.64. The Labute approximate surface area is 76.6 Å². The van der Waals surface area contributed by atoms with E-state index in [1.54, 1.807) is 0 Å². The van der Waals surface area contributed by atoms with Gasteiger partial charge in [-0.2, -0.15) is 0 Å². The average molecular weight is 173 g/mol. The Kier molecular flexibility index (Phi) is 1.65. The summed E-state index contributed by atoms with van der Waals surface area (Å²) in [5.74, 6) is 0.801. The molecule has 66 valence electrons. The lowest BCUT2D eigenvalue weighted by Gasteiger charge is -2.02. The molecule has 0 bridgehead atoms. The van der Waals surface area contributed by atoms with Gasteiger partial charge in [-0.1, -0.05) is 0 Å². The van der Waals surface area contributed by atoms with Gasteiger partial charge >= 0.3 is 0 Å². The maximum absolute atomic E-state index is 5.68. The maximum atomic E-state index is 5.68. The molecule has 0 aliphatic heterocycles. The lowest BCUT2D eigenvalue weighted by Crippen LogP contribution is -1.94. The second-order valence-corrected chi connectivity index (χ2v) is 3.13. The van der Waals surface area contributed by atoms with Gasteiger partial charge in [0.2, 0.25) is 0 Å². The van der Waals surface area contributed by atoms with Gasteiger partial charge in [0.25, 0.3) is 0 Å². The summed E-state index contributed by atoms with van der Waals surface area (Å²) >= 11 is 0. The van der Waals surface area contributed by atoms with Crippen molar-refractivity contribution < 1.29 is 0 Å². The zero-order valence-corrected chi connectivity index (χ0v) is 7.70. The standard InChI is InChI=1S/C10H11N3/c1-6-9-5-8(11)3-4-10(9)13-7(2)12-6/h3-5H,11H2,1-2H3. The molecule has 3 nitrogen and oxygen atoms in total. The zero-order valence-electron chi connectivity index (χ0n) is 7.70. The first-order valence-electron chi connectivity index (χ1n) is 4.17. The number of hydrogen-bond donors (Lipinski definition) is 1. The van der Waals surface area contributed by atoms with E-state index in [1.165, 1.54) is 0 Å². The third-order valence-electron chi connectivity index (χ3n) is 2.02. The molecule has 1 aromatic carbocycles. The van der Waals surface area contributed by atoms with Crippen molar-refractivity contribution in [3.63, 3.8) is 0 Å². The molecule has 0 atom stereocenters. The van der Waals surface area contributed by atoms with Gasteiger partial charge in [0.15, 0.2) is 0 Å². The normalized spacial score (nSPS) is 10.6. The fraction of sp³-hybridized carbons (Fsp3) is 0.200. The van der Waals surface area contributed by atoms with Crippen LogP contribution in [0.4, 0.5) is 5.69 Å². The fourth-order valence-corrected chi connectivity index (χ4v) is 1.44. The van der Waals surface area contributed by atoms with E-state index >= 15 is 0 Å². The summed E-state index contributed by atoms with van der Waals surface area (Å²) in [6.07, 6.45) is 0. The molecule has 0 amide bonds. The van der Waals surface area contributed by atoms with Crippen molar-refractivity contribution >= 4 is 16.6 Å². The minimum Gasteiger partial charge on any atom is -0.399 e. The van der Waals surface area contributed by atoms with E-state index in [9.17, 15) is 0 Å². The largest absolute Gasteiger partial charge is 0.399 e. The molecule has 1 aromatic heterocycles. The van der Waals surface area contributed by atoms with Crippen molar-refractivity contribution in [1.29, 1.82) is 0 Å². The third-order valence-corrected chi connectivity index (χ3v) is 2.02. The Bertz CT molecular complexity index is 463. The predicted molar refractivity (Wildman–Crippen MR) is 53.4 cm³/mol. The van der Waals surface area contributed by atoms with E-state index in [-0.39, 0.29) is 0 Å². The molecule has 0 aliphatic rings. The third kappa shape index (κ3) is 1.33. The van der Waals surface area contributed by atoms with Crippen LogP contribution in [-0.4, -0.2) is 9.97 Å². The number of hydrogen-bond acceptors (Lipinski definition) is 3. The summed E-state index contributed by atoms with van der Waals surface area (Å²) in [6, 6.07) is 5.69. The Balaban J connectivity index is 2.87. The number of benzene rings is 1. The summed E-state index contributed by atoms with van der Waals surface area (Å²) in [5, 5.41) is 1.03. The van der Waals surface area contributed by atoms with Crippen LogP contribution < -0.4 is 5.73 Å². The Morgan fingerprint density at radius 1 is 1.15 bits per heavy atom. The molecular weight excluding hydrogens is 162 g/mol. The number of fused-ring (bicyclic) bond motifs is 1. The van der Waals surface area contributed by atoms with E-state index in [4.69, 9.17) is 5.73 Å². The van der Waals surface area contributed by atoms with Gasteiger partial charge < -0.3 is 5.73 Å². The van der Waals surface area contributed by atoms with Gasteiger partial charge in [-0.25, -0.2) is 9.97 Å². The van der Waals surface area contributed by atoms with Crippen molar-refractivity contribution in [3.8, 4) is 0 Å². The fourth-order valence-electron chi connectivity index (χ4n) is 1.44. The van der Waals surface area contributed by atoms with E-state index in [2.05, 4.69) is 9.97 Å². The summed E-state index contributed by atoms with van der Waals surface area (Å²) in [5.41, 5.74) is 8.37. The monoisotopic (exact) mass is 173 g/mol. The second-order valence-electron chi connectivity index (χ2n) is 3.13. The zero-order chi connectivity index (χ0) is 9.42. The van der Waals surface area contributed by atoms with Crippen molar-refractivity contribution in [2.45, 2.75) is 13.8 Å². The van der Waals surface area contributed by atoms with Crippen molar-refractivity contribution in [2.75, 3.05) is 5.73 Å². The molecule has 0 spiro atoms. The molecule has 0 radical (unpaired) electrons. The highest BCUT2D eigenvalue weighted by Crippen LogP contribution is 2.17. The van der Waals surface area contributed by atoms with Crippen LogP contribution in [-0.2, 0) is 0 Å². The lowest BCUT2D eigenvalue weighted by molar-refractivity contribution is 1.05. The van der Waals surface area contributed by atoms with E-state index < -0.39 is 0 Å². The van der Waals surface area contributed by atoms with Crippen LogP contribution in [0.15, 0.2) is 18.2 Å². The van der Waals surface area contributed by atoms with E-state index in [0.717, 1.165) is 28.1 Å². The van der Waals surface area contributed by atoms with E-state index in [1.807, 2.05) is 32.0 Å². The first kappa shape index (κ1) is 7.98. The molecule has 13 heavy (non-hydrogen) atoms. The molecule has 2 N–H and O–H groups in total. The number of anilines is 1. The van der Waals surface area contributed by atoms with Crippen LogP contribution in [0.1, 0.15) is 11.5 Å². The first-order valence-corrected chi connectivity index (χ1v) is 4.17. The SMILES string of the molecule is Cc1nc(C)c2cc(N)ccc2n1. The summed E-state index contributed by atoms with van der Waals surface area (Å²) < 4.78 is 0. The van der Waals surface area contributed by atoms with Gasteiger partial charge in [-0.05, 0) is 32.0 Å². The predicted octanol–water partition coefficient (Wildman–Crippen LogP) is 1.83. The number of nitrogens with two attached hydrogens (primary N) is 1. The average Bonchev–Trinajstić information content (AvgIpc) is 2.06. The van der Waals surface area contributed by atoms with Crippen LogP contribution >= 0.6 is 0 Å². The number of nitrogens with zero attached hydrogens (tertiary/aromatic N) is 2. The lowest BCUT2D eigenvalue weighted by atomic mass is 10.2. The smallest absolute Gasteiger partial charge is 0.126 e. The van der Waals surface area contributed by atoms with E-state index in [0.29, 0.717) is 0 Å². The number of nitrogen functional groups attached to an aromatic ring is 1. The van der Waals surface area contributed by atoms with Crippen molar-refractivity contribution in [3.05, 3.63) is 29.7 Å². The molecule has 0 aliphatic carbocycles. The van der Waals surface area contributed by atoms with Gasteiger partial charge in [-0.3, -0.25) is 0 Å². The van der Waals surface area contributed by atoms with Gasteiger partial charge in [0.05, 0.1) is 5.52 Å². The minimum atomic E-state index is 0.753. The molecule has 1 heterocycles. The topological polar surface area (TPSA) is 51.8 Å². The number of aromatic nitrogens is 2. The molecule has 0 fully saturated rings. The van der Waals surface area contributed by atoms with Crippen LogP contribution in [0.25, 0.3) is 10.9 Å². The van der Waals surface area contributed by atoms with Crippen molar-refractivity contribution in [1.82, 2.24) is 9.97 Å². The molecule has 3 heteroatoms. The maximum Gasteiger partial charge on any atom is 0.126 e. The highest BCUT2D eigenvalue weighted by molar-refractivity contribution is 5.83. The highest BCUT2D eigenvalue weighted by Gasteiger charge is 2.01. The van der Waals surface area contributed by atoms with Crippen LogP contribution in [0, 0.1) is 13.8 Å². The Morgan fingerprint density at radius 3 is 2.69 bits per heavy atom. The molecule has 0 saturated heterocycles. The van der Waals surface area contributed by atoms with Gasteiger partial charge in [0, 0.05) is 16.8 Å². The summed E-state index contributed by atoms with van der Waals surface area (Å²) in [7, 11) is 0. The number of aryl methyl sites for hydroxylation is 2. The van der Waals surface area contributed by atoms with Gasteiger partial charge in [0.1, 0.15) is 5.82 Å². The van der Waals surface area contributed by atoms with Crippen LogP contribution in [0.5, 0.6) is 0 Å². The molecule has 0 saturated carbocycles.